The average Bonchev–Trinajstić information content (AvgIpc) is 2.92. The normalized spacial score (nSPS) is 10.6. The van der Waals surface area contributed by atoms with E-state index in [1.807, 2.05) is 56.3 Å². The van der Waals surface area contributed by atoms with E-state index in [-0.39, 0.29) is 5.91 Å². The lowest BCUT2D eigenvalue weighted by atomic mass is 10.2. The minimum Gasteiger partial charge on any atom is -0.352 e. The predicted molar refractivity (Wildman–Crippen MR) is 99.7 cm³/mol. The van der Waals surface area contributed by atoms with Crippen molar-refractivity contribution in [2.45, 2.75) is 26.8 Å². The van der Waals surface area contributed by atoms with Crippen LogP contribution in [0.3, 0.4) is 0 Å². The molecule has 0 aliphatic carbocycles. The highest BCUT2D eigenvalue weighted by Gasteiger charge is 2.15. The zero-order valence-electron chi connectivity index (χ0n) is 14.7. The quantitative estimate of drug-likeness (QED) is 0.750. The van der Waals surface area contributed by atoms with Crippen LogP contribution in [-0.4, -0.2) is 22.0 Å². The third kappa shape index (κ3) is 4.15. The van der Waals surface area contributed by atoms with Crippen molar-refractivity contribution >= 4 is 5.91 Å². The number of amides is 1. The minimum atomic E-state index is -0.0247. The smallest absolute Gasteiger partial charge is 0.253 e. The molecule has 1 N–H and O–H groups in total. The van der Waals surface area contributed by atoms with Crippen LogP contribution in [0.2, 0.25) is 0 Å². The maximum absolute atomic E-state index is 12.5. The molecular formula is C21H23N3O. The molecular weight excluding hydrogens is 310 g/mol. The fourth-order valence-electron chi connectivity index (χ4n) is 2.99. The van der Waals surface area contributed by atoms with Gasteiger partial charge in [-0.25, -0.2) is 0 Å². The van der Waals surface area contributed by atoms with Gasteiger partial charge in [-0.2, -0.15) is 0 Å². The Hall–Kier alpha value is -2.88. The fourth-order valence-corrected chi connectivity index (χ4v) is 2.99. The molecule has 25 heavy (non-hydrogen) atoms. The number of pyridine rings is 1. The van der Waals surface area contributed by atoms with Gasteiger partial charge in [0, 0.05) is 42.8 Å². The molecule has 0 radical (unpaired) electrons. The van der Waals surface area contributed by atoms with Crippen LogP contribution in [0.15, 0.2) is 60.8 Å². The van der Waals surface area contributed by atoms with Crippen molar-refractivity contribution in [3.8, 4) is 0 Å². The highest BCUT2D eigenvalue weighted by atomic mass is 16.1. The summed E-state index contributed by atoms with van der Waals surface area (Å²) in [7, 11) is 0. The summed E-state index contributed by atoms with van der Waals surface area (Å²) in [6.45, 7) is 5.40. The average molecular weight is 333 g/mol. The number of rotatable bonds is 6. The highest BCUT2D eigenvalue weighted by molar-refractivity contribution is 5.95. The van der Waals surface area contributed by atoms with E-state index < -0.39 is 0 Å². The van der Waals surface area contributed by atoms with Crippen molar-refractivity contribution in [1.82, 2.24) is 14.9 Å². The first-order chi connectivity index (χ1) is 12.1. The maximum Gasteiger partial charge on any atom is 0.253 e. The van der Waals surface area contributed by atoms with Gasteiger partial charge in [0.25, 0.3) is 5.91 Å². The van der Waals surface area contributed by atoms with Crippen molar-refractivity contribution < 1.29 is 4.79 Å². The molecule has 4 heteroatoms. The molecule has 1 aromatic carbocycles. The van der Waals surface area contributed by atoms with Gasteiger partial charge >= 0.3 is 0 Å². The molecule has 0 atom stereocenters. The number of benzene rings is 1. The Bertz CT molecular complexity index is 838. The van der Waals surface area contributed by atoms with Gasteiger partial charge in [0.05, 0.1) is 5.56 Å². The summed E-state index contributed by atoms with van der Waals surface area (Å²) < 4.78 is 2.18. The van der Waals surface area contributed by atoms with Crippen LogP contribution in [-0.2, 0) is 13.0 Å². The molecule has 128 valence electrons. The van der Waals surface area contributed by atoms with Gasteiger partial charge in [-0.15, -0.1) is 0 Å². The van der Waals surface area contributed by atoms with E-state index in [9.17, 15) is 4.79 Å². The summed E-state index contributed by atoms with van der Waals surface area (Å²) in [5.41, 5.74) is 5.05. The maximum atomic E-state index is 12.5. The van der Waals surface area contributed by atoms with Crippen LogP contribution in [0.4, 0.5) is 0 Å². The monoisotopic (exact) mass is 333 g/mol. The summed E-state index contributed by atoms with van der Waals surface area (Å²) >= 11 is 0. The van der Waals surface area contributed by atoms with Crippen LogP contribution in [0.25, 0.3) is 0 Å². The SMILES string of the molecule is Cc1cc(C(=O)NCCc2ccccn2)c(C)n1Cc1ccccc1. The lowest BCUT2D eigenvalue weighted by Crippen LogP contribution is -2.26. The topological polar surface area (TPSA) is 46.9 Å². The number of hydrogen-bond donors (Lipinski definition) is 1. The molecule has 2 heterocycles. The van der Waals surface area contributed by atoms with Crippen LogP contribution >= 0.6 is 0 Å². The fraction of sp³-hybridized carbons (Fsp3) is 0.238. The van der Waals surface area contributed by atoms with E-state index in [0.717, 1.165) is 35.6 Å². The van der Waals surface area contributed by atoms with E-state index >= 15 is 0 Å². The molecule has 3 rings (SSSR count). The van der Waals surface area contributed by atoms with Crippen molar-refractivity contribution in [2.75, 3.05) is 6.54 Å². The number of aromatic nitrogens is 2. The second-order valence-corrected chi connectivity index (χ2v) is 6.18. The molecule has 0 saturated carbocycles. The van der Waals surface area contributed by atoms with E-state index in [0.29, 0.717) is 6.54 Å². The Labute approximate surface area is 148 Å². The van der Waals surface area contributed by atoms with Gasteiger partial charge in [-0.1, -0.05) is 36.4 Å². The van der Waals surface area contributed by atoms with Gasteiger partial charge in [-0.05, 0) is 37.6 Å². The standard InChI is InChI=1S/C21H23N3O/c1-16-14-20(17(2)24(16)15-18-8-4-3-5-9-18)21(25)23-13-11-19-10-6-7-12-22-19/h3-10,12,14H,11,13,15H2,1-2H3,(H,23,25). The minimum absolute atomic E-state index is 0.0247. The predicted octanol–water partition coefficient (Wildman–Crippen LogP) is 3.52. The molecule has 3 aromatic rings. The second kappa shape index (κ2) is 7.79. The van der Waals surface area contributed by atoms with Crippen LogP contribution in [0, 0.1) is 13.8 Å². The Morgan fingerprint density at radius 3 is 2.56 bits per heavy atom. The largest absolute Gasteiger partial charge is 0.352 e. The molecule has 0 bridgehead atoms. The van der Waals surface area contributed by atoms with Crippen molar-refractivity contribution in [3.05, 3.63) is 89.0 Å². The third-order valence-corrected chi connectivity index (χ3v) is 4.39. The van der Waals surface area contributed by atoms with E-state index in [2.05, 4.69) is 27.0 Å². The Balaban J connectivity index is 1.66. The lowest BCUT2D eigenvalue weighted by Gasteiger charge is -2.10. The van der Waals surface area contributed by atoms with Crippen molar-refractivity contribution in [2.24, 2.45) is 0 Å². The van der Waals surface area contributed by atoms with Gasteiger partial charge in [-0.3, -0.25) is 9.78 Å². The summed E-state index contributed by atoms with van der Waals surface area (Å²) in [5.74, 6) is -0.0247. The number of nitrogens with zero attached hydrogens (tertiary/aromatic N) is 2. The summed E-state index contributed by atoms with van der Waals surface area (Å²) in [6, 6.07) is 18.1. The second-order valence-electron chi connectivity index (χ2n) is 6.18. The Morgan fingerprint density at radius 1 is 1.08 bits per heavy atom. The molecule has 1 amide bonds. The molecule has 4 nitrogen and oxygen atoms in total. The van der Waals surface area contributed by atoms with Crippen LogP contribution < -0.4 is 5.32 Å². The Kier molecular flexibility index (Phi) is 5.29. The van der Waals surface area contributed by atoms with E-state index in [1.54, 1.807) is 6.20 Å². The van der Waals surface area contributed by atoms with Gasteiger partial charge in [0.2, 0.25) is 0 Å². The summed E-state index contributed by atoms with van der Waals surface area (Å²) in [5, 5.41) is 3.00. The zero-order chi connectivity index (χ0) is 17.6. The first kappa shape index (κ1) is 17.0. The first-order valence-corrected chi connectivity index (χ1v) is 8.54. The van der Waals surface area contributed by atoms with E-state index in [4.69, 9.17) is 0 Å². The number of aryl methyl sites for hydroxylation is 1. The number of carbonyl (C=O) groups is 1. The van der Waals surface area contributed by atoms with Gasteiger partial charge < -0.3 is 9.88 Å². The highest BCUT2D eigenvalue weighted by Crippen LogP contribution is 2.17. The van der Waals surface area contributed by atoms with E-state index in [1.165, 1.54) is 5.56 Å². The summed E-state index contributed by atoms with van der Waals surface area (Å²) in [6.07, 6.45) is 2.50. The molecule has 0 fully saturated rings. The van der Waals surface area contributed by atoms with Gasteiger partial charge in [0.1, 0.15) is 0 Å². The Morgan fingerprint density at radius 2 is 1.84 bits per heavy atom. The van der Waals surface area contributed by atoms with Crippen molar-refractivity contribution in [3.63, 3.8) is 0 Å². The molecule has 2 aromatic heterocycles. The van der Waals surface area contributed by atoms with Crippen molar-refractivity contribution in [1.29, 1.82) is 0 Å². The third-order valence-electron chi connectivity index (χ3n) is 4.39. The number of hydrogen-bond acceptors (Lipinski definition) is 2. The summed E-state index contributed by atoms with van der Waals surface area (Å²) in [4.78, 5) is 16.8. The van der Waals surface area contributed by atoms with Crippen LogP contribution in [0.5, 0.6) is 0 Å². The number of nitrogens with one attached hydrogen (secondary N) is 1. The molecule has 0 unspecified atom stereocenters. The zero-order valence-corrected chi connectivity index (χ0v) is 14.7. The lowest BCUT2D eigenvalue weighted by molar-refractivity contribution is 0.0953. The molecule has 0 saturated heterocycles. The molecule has 0 aliphatic rings. The molecule has 0 spiro atoms. The molecule has 0 aliphatic heterocycles. The van der Waals surface area contributed by atoms with Crippen LogP contribution in [0.1, 0.15) is 33.0 Å². The number of carbonyl (C=O) groups excluding carboxylic acids is 1. The van der Waals surface area contributed by atoms with Gasteiger partial charge in [0.15, 0.2) is 0 Å². The first-order valence-electron chi connectivity index (χ1n) is 8.54.